The van der Waals surface area contributed by atoms with Gasteiger partial charge in [-0.1, -0.05) is 42.5 Å². The zero-order chi connectivity index (χ0) is 16.3. The smallest absolute Gasteiger partial charge is 0.177 e. The highest BCUT2D eigenvalue weighted by atomic mass is 32.2. The molecular weight excluding hydrogens is 300 g/mol. The third kappa shape index (κ3) is 3.49. The van der Waals surface area contributed by atoms with Crippen molar-refractivity contribution in [3.63, 3.8) is 0 Å². The van der Waals surface area contributed by atoms with Gasteiger partial charge >= 0.3 is 0 Å². The van der Waals surface area contributed by atoms with Crippen molar-refractivity contribution in [3.05, 3.63) is 65.7 Å². The Bertz CT molecular complexity index is 790. The molecule has 0 spiro atoms. The molecule has 0 N–H and O–H groups in total. The van der Waals surface area contributed by atoms with Crippen LogP contribution in [0.3, 0.4) is 0 Å². The normalized spacial score (nSPS) is 12.6. The molecule has 1 unspecified atom stereocenters. The molecule has 0 amide bonds. The standard InChI is InChI=1S/C17H16O4S/c1-12(18)16(13-6-4-3-5-7-13)17(19)14-8-10-15(11-9-14)22(2,20)21/h3-11,16H,1-2H3. The van der Waals surface area contributed by atoms with Gasteiger partial charge in [0.25, 0.3) is 0 Å². The fraction of sp³-hybridized carbons (Fsp3) is 0.176. The number of sulfone groups is 1. The summed E-state index contributed by atoms with van der Waals surface area (Å²) in [6.45, 7) is 1.38. The summed E-state index contributed by atoms with van der Waals surface area (Å²) in [5.74, 6) is -1.45. The third-order valence-electron chi connectivity index (χ3n) is 3.37. The van der Waals surface area contributed by atoms with Crippen molar-refractivity contribution in [1.82, 2.24) is 0 Å². The van der Waals surface area contributed by atoms with Crippen molar-refractivity contribution in [2.75, 3.05) is 6.26 Å². The fourth-order valence-electron chi connectivity index (χ4n) is 2.25. The van der Waals surface area contributed by atoms with Gasteiger partial charge in [-0.25, -0.2) is 8.42 Å². The van der Waals surface area contributed by atoms with Crippen molar-refractivity contribution in [2.45, 2.75) is 17.7 Å². The zero-order valence-corrected chi connectivity index (χ0v) is 13.1. The van der Waals surface area contributed by atoms with Gasteiger partial charge in [0, 0.05) is 11.8 Å². The van der Waals surface area contributed by atoms with Crippen LogP contribution in [0.5, 0.6) is 0 Å². The first-order chi connectivity index (χ1) is 10.3. The summed E-state index contributed by atoms with van der Waals surface area (Å²) in [4.78, 5) is 24.6. The first kappa shape index (κ1) is 16.1. The van der Waals surface area contributed by atoms with Crippen LogP contribution in [0.1, 0.15) is 28.8 Å². The lowest BCUT2D eigenvalue weighted by atomic mass is 9.88. The van der Waals surface area contributed by atoms with Crippen molar-refractivity contribution in [3.8, 4) is 0 Å². The minimum absolute atomic E-state index is 0.142. The van der Waals surface area contributed by atoms with Gasteiger partial charge in [-0.2, -0.15) is 0 Å². The number of Topliss-reactive ketones (excluding diaryl/α,β-unsaturated/α-hetero) is 2. The molecule has 0 saturated heterocycles. The second-order valence-corrected chi connectivity index (χ2v) is 7.13. The van der Waals surface area contributed by atoms with Gasteiger partial charge in [-0.15, -0.1) is 0 Å². The Balaban J connectivity index is 2.38. The summed E-state index contributed by atoms with van der Waals surface area (Å²) in [6.07, 6.45) is 1.10. The highest BCUT2D eigenvalue weighted by Gasteiger charge is 2.26. The first-order valence-electron chi connectivity index (χ1n) is 6.70. The minimum Gasteiger partial charge on any atom is -0.299 e. The predicted octanol–water partition coefficient (Wildman–Crippen LogP) is 2.65. The topological polar surface area (TPSA) is 68.3 Å². The van der Waals surface area contributed by atoms with Crippen LogP contribution in [-0.2, 0) is 14.6 Å². The van der Waals surface area contributed by atoms with Gasteiger partial charge in [0.1, 0.15) is 11.7 Å². The maximum Gasteiger partial charge on any atom is 0.177 e. The van der Waals surface area contributed by atoms with Crippen molar-refractivity contribution >= 4 is 21.4 Å². The molecule has 0 radical (unpaired) electrons. The molecule has 114 valence electrons. The van der Waals surface area contributed by atoms with E-state index in [1.807, 2.05) is 6.07 Å². The van der Waals surface area contributed by atoms with Crippen LogP contribution in [0.15, 0.2) is 59.5 Å². The van der Waals surface area contributed by atoms with E-state index in [-0.39, 0.29) is 16.5 Å². The summed E-state index contributed by atoms with van der Waals surface area (Å²) in [7, 11) is -3.31. The summed E-state index contributed by atoms with van der Waals surface area (Å²) in [6, 6.07) is 14.5. The zero-order valence-electron chi connectivity index (χ0n) is 12.3. The van der Waals surface area contributed by atoms with Gasteiger partial charge in [-0.3, -0.25) is 9.59 Å². The molecule has 22 heavy (non-hydrogen) atoms. The molecule has 0 saturated carbocycles. The second kappa shape index (κ2) is 6.23. The predicted molar refractivity (Wildman–Crippen MR) is 83.7 cm³/mol. The third-order valence-corrected chi connectivity index (χ3v) is 4.50. The monoisotopic (exact) mass is 316 g/mol. The van der Waals surface area contributed by atoms with Gasteiger partial charge in [0.15, 0.2) is 15.6 Å². The van der Waals surface area contributed by atoms with Crippen molar-refractivity contribution in [1.29, 1.82) is 0 Å². The number of hydrogen-bond acceptors (Lipinski definition) is 4. The molecule has 0 aliphatic carbocycles. The molecule has 0 aliphatic heterocycles. The maximum absolute atomic E-state index is 12.6. The molecule has 0 heterocycles. The summed E-state index contributed by atoms with van der Waals surface area (Å²) >= 11 is 0. The lowest BCUT2D eigenvalue weighted by molar-refractivity contribution is -0.117. The highest BCUT2D eigenvalue weighted by Crippen LogP contribution is 2.23. The van der Waals surface area contributed by atoms with E-state index in [1.54, 1.807) is 24.3 Å². The van der Waals surface area contributed by atoms with E-state index in [9.17, 15) is 18.0 Å². The molecule has 0 bridgehead atoms. The van der Waals surface area contributed by atoms with Crippen LogP contribution < -0.4 is 0 Å². The maximum atomic E-state index is 12.6. The Labute approximate surface area is 129 Å². The van der Waals surface area contributed by atoms with E-state index in [4.69, 9.17) is 0 Å². The SMILES string of the molecule is CC(=O)C(C(=O)c1ccc(S(C)(=O)=O)cc1)c1ccccc1. The number of carbonyl (C=O) groups is 2. The quantitative estimate of drug-likeness (QED) is 0.628. The molecule has 0 fully saturated rings. The van der Waals surface area contributed by atoms with Crippen LogP contribution in [0.25, 0.3) is 0 Å². The van der Waals surface area contributed by atoms with Crippen LogP contribution >= 0.6 is 0 Å². The minimum atomic E-state index is -3.31. The molecule has 4 nitrogen and oxygen atoms in total. The highest BCUT2D eigenvalue weighted by molar-refractivity contribution is 7.90. The van der Waals surface area contributed by atoms with Crippen LogP contribution in [0, 0.1) is 0 Å². The summed E-state index contributed by atoms with van der Waals surface area (Å²) in [5.41, 5.74) is 0.948. The average Bonchev–Trinajstić information content (AvgIpc) is 2.47. The van der Waals surface area contributed by atoms with E-state index in [2.05, 4.69) is 0 Å². The Morgan fingerprint density at radius 3 is 1.91 bits per heavy atom. The van der Waals surface area contributed by atoms with Gasteiger partial charge in [0.05, 0.1) is 4.90 Å². The van der Waals surface area contributed by atoms with Crippen LogP contribution in [-0.4, -0.2) is 26.2 Å². The average molecular weight is 316 g/mol. The summed E-state index contributed by atoms with van der Waals surface area (Å²) in [5, 5.41) is 0. The molecular formula is C17H16O4S. The molecule has 1 atom stereocenters. The first-order valence-corrected chi connectivity index (χ1v) is 8.59. The van der Waals surface area contributed by atoms with Crippen molar-refractivity contribution < 1.29 is 18.0 Å². The number of carbonyl (C=O) groups excluding carboxylic acids is 2. The summed E-state index contributed by atoms with van der Waals surface area (Å²) < 4.78 is 22.9. The van der Waals surface area contributed by atoms with E-state index < -0.39 is 15.8 Å². The van der Waals surface area contributed by atoms with E-state index in [0.29, 0.717) is 11.1 Å². The van der Waals surface area contributed by atoms with E-state index >= 15 is 0 Å². The Morgan fingerprint density at radius 1 is 0.909 bits per heavy atom. The van der Waals surface area contributed by atoms with Gasteiger partial charge in [0.2, 0.25) is 0 Å². The number of ketones is 2. The molecule has 5 heteroatoms. The molecule has 2 aromatic rings. The van der Waals surface area contributed by atoms with Crippen LogP contribution in [0.4, 0.5) is 0 Å². The van der Waals surface area contributed by atoms with E-state index in [1.165, 1.54) is 31.2 Å². The second-order valence-electron chi connectivity index (χ2n) is 5.12. The molecule has 2 aromatic carbocycles. The van der Waals surface area contributed by atoms with Gasteiger partial charge in [-0.05, 0) is 24.6 Å². The number of rotatable bonds is 5. The van der Waals surface area contributed by atoms with Crippen LogP contribution in [0.2, 0.25) is 0 Å². The van der Waals surface area contributed by atoms with E-state index in [0.717, 1.165) is 6.26 Å². The Morgan fingerprint density at radius 2 is 1.45 bits per heavy atom. The number of hydrogen-bond donors (Lipinski definition) is 0. The molecule has 2 rings (SSSR count). The fourth-order valence-corrected chi connectivity index (χ4v) is 2.88. The Kier molecular flexibility index (Phi) is 4.56. The largest absolute Gasteiger partial charge is 0.299 e. The van der Waals surface area contributed by atoms with Crippen molar-refractivity contribution in [2.24, 2.45) is 0 Å². The lowest BCUT2D eigenvalue weighted by Gasteiger charge is -2.13. The van der Waals surface area contributed by atoms with Gasteiger partial charge < -0.3 is 0 Å². The number of benzene rings is 2. The molecule has 0 aliphatic rings. The Hall–Kier alpha value is -2.27. The lowest BCUT2D eigenvalue weighted by Crippen LogP contribution is -2.20. The molecule has 0 aromatic heterocycles.